The quantitative estimate of drug-likeness (QED) is 0.741. The van der Waals surface area contributed by atoms with E-state index in [9.17, 15) is 0 Å². The van der Waals surface area contributed by atoms with E-state index < -0.39 is 5.79 Å². The van der Waals surface area contributed by atoms with Gasteiger partial charge in [-0.3, -0.25) is 0 Å². The number of benzene rings is 1. The topological polar surface area (TPSA) is 58.7 Å². The average molecular weight is 300 g/mol. The highest BCUT2D eigenvalue weighted by molar-refractivity contribution is 5.86. The SMILES string of the molecule is COc1ccc2c(C3(Cn4ccnc4)OCCO3)occ2c1. The van der Waals surface area contributed by atoms with E-state index >= 15 is 0 Å². The molecule has 1 saturated heterocycles. The molecule has 0 bridgehead atoms. The summed E-state index contributed by atoms with van der Waals surface area (Å²) in [6.45, 7) is 1.56. The third kappa shape index (κ3) is 2.08. The van der Waals surface area contributed by atoms with Crippen LogP contribution >= 0.6 is 0 Å². The number of nitrogens with zero attached hydrogens (tertiary/aromatic N) is 2. The van der Waals surface area contributed by atoms with Crippen molar-refractivity contribution in [3.05, 3.63) is 48.9 Å². The summed E-state index contributed by atoms with van der Waals surface area (Å²) in [5.74, 6) is 0.546. The van der Waals surface area contributed by atoms with Gasteiger partial charge in [-0.05, 0) is 18.2 Å². The van der Waals surface area contributed by atoms with Gasteiger partial charge in [0.05, 0.1) is 39.5 Å². The largest absolute Gasteiger partial charge is 0.497 e. The minimum absolute atomic E-state index is 0.488. The first-order valence-corrected chi connectivity index (χ1v) is 7.10. The van der Waals surface area contributed by atoms with Crippen molar-refractivity contribution in [2.45, 2.75) is 12.3 Å². The third-order valence-corrected chi connectivity index (χ3v) is 3.86. The number of methoxy groups -OCH3 is 1. The lowest BCUT2D eigenvalue weighted by molar-refractivity contribution is -0.187. The zero-order chi connectivity index (χ0) is 15.0. The summed E-state index contributed by atoms with van der Waals surface area (Å²) in [5, 5.41) is 1.92. The maximum atomic E-state index is 5.93. The zero-order valence-corrected chi connectivity index (χ0v) is 12.2. The summed E-state index contributed by atoms with van der Waals surface area (Å²) in [6.07, 6.45) is 7.05. The molecule has 0 saturated carbocycles. The maximum absolute atomic E-state index is 5.93. The Kier molecular flexibility index (Phi) is 3.13. The highest BCUT2D eigenvalue weighted by atomic mass is 16.7. The van der Waals surface area contributed by atoms with Crippen LogP contribution in [0, 0.1) is 0 Å². The number of furan rings is 1. The lowest BCUT2D eigenvalue weighted by atomic mass is 10.1. The van der Waals surface area contributed by atoms with Gasteiger partial charge in [0.15, 0.2) is 5.76 Å². The average Bonchev–Trinajstić information content (AvgIpc) is 3.27. The van der Waals surface area contributed by atoms with Crippen molar-refractivity contribution in [2.24, 2.45) is 0 Å². The fraction of sp³-hybridized carbons (Fsp3) is 0.312. The Bertz CT molecular complexity index is 773. The molecule has 1 aromatic carbocycles. The molecule has 1 aliphatic heterocycles. The van der Waals surface area contributed by atoms with Crippen LogP contribution in [0.15, 0.2) is 47.6 Å². The highest BCUT2D eigenvalue weighted by Gasteiger charge is 2.43. The molecule has 6 nitrogen and oxygen atoms in total. The molecule has 22 heavy (non-hydrogen) atoms. The van der Waals surface area contributed by atoms with Crippen LogP contribution in [0.1, 0.15) is 5.76 Å². The van der Waals surface area contributed by atoms with Crippen molar-refractivity contribution in [3.63, 3.8) is 0 Å². The van der Waals surface area contributed by atoms with Crippen LogP contribution in [0.5, 0.6) is 5.75 Å². The summed E-state index contributed by atoms with van der Waals surface area (Å²) in [7, 11) is 1.64. The Morgan fingerprint density at radius 3 is 2.91 bits per heavy atom. The van der Waals surface area contributed by atoms with Crippen molar-refractivity contribution in [3.8, 4) is 5.75 Å². The number of imidazole rings is 1. The van der Waals surface area contributed by atoms with Crippen molar-refractivity contribution in [2.75, 3.05) is 20.3 Å². The second-order valence-electron chi connectivity index (χ2n) is 5.20. The number of fused-ring (bicyclic) bond motifs is 1. The summed E-state index contributed by atoms with van der Waals surface area (Å²) < 4.78 is 24.8. The minimum Gasteiger partial charge on any atom is -0.497 e. The molecule has 2 aromatic heterocycles. The Balaban J connectivity index is 1.80. The van der Waals surface area contributed by atoms with E-state index in [1.807, 2.05) is 29.0 Å². The molecule has 1 fully saturated rings. The van der Waals surface area contributed by atoms with Gasteiger partial charge in [0.25, 0.3) is 0 Å². The standard InChI is InChI=1S/C16H16N2O4/c1-19-13-2-3-14-12(8-13)9-20-15(14)16(21-6-7-22-16)10-18-5-4-17-11-18/h2-5,8-9,11H,6-7,10H2,1H3. The Morgan fingerprint density at radius 2 is 2.18 bits per heavy atom. The van der Waals surface area contributed by atoms with Gasteiger partial charge in [-0.15, -0.1) is 0 Å². The van der Waals surface area contributed by atoms with Crippen LogP contribution in [-0.4, -0.2) is 29.9 Å². The molecule has 4 rings (SSSR count). The van der Waals surface area contributed by atoms with Crippen molar-refractivity contribution >= 4 is 10.8 Å². The predicted molar refractivity (Wildman–Crippen MR) is 78.6 cm³/mol. The fourth-order valence-corrected chi connectivity index (χ4v) is 2.82. The molecule has 6 heteroatoms. The smallest absolute Gasteiger partial charge is 0.247 e. The summed E-state index contributed by atoms with van der Waals surface area (Å²) in [5.41, 5.74) is 0. The van der Waals surface area contributed by atoms with E-state index in [4.69, 9.17) is 18.6 Å². The minimum atomic E-state index is -0.920. The van der Waals surface area contributed by atoms with Crippen LogP contribution in [-0.2, 0) is 21.8 Å². The molecule has 0 radical (unpaired) electrons. The number of hydrogen-bond acceptors (Lipinski definition) is 5. The van der Waals surface area contributed by atoms with Crippen molar-refractivity contribution in [1.82, 2.24) is 9.55 Å². The maximum Gasteiger partial charge on any atom is 0.247 e. The van der Waals surface area contributed by atoms with Gasteiger partial charge >= 0.3 is 0 Å². The monoisotopic (exact) mass is 300 g/mol. The van der Waals surface area contributed by atoms with Gasteiger partial charge in [0, 0.05) is 23.2 Å². The van der Waals surface area contributed by atoms with Gasteiger partial charge in [0.2, 0.25) is 5.79 Å². The first kappa shape index (κ1) is 13.4. The van der Waals surface area contributed by atoms with Crippen LogP contribution in [0.3, 0.4) is 0 Å². The Labute approximate surface area is 127 Å². The zero-order valence-electron chi connectivity index (χ0n) is 12.2. The van der Waals surface area contributed by atoms with E-state index in [2.05, 4.69) is 4.98 Å². The fourth-order valence-electron chi connectivity index (χ4n) is 2.82. The number of hydrogen-bond donors (Lipinski definition) is 0. The van der Waals surface area contributed by atoms with Crippen LogP contribution in [0.2, 0.25) is 0 Å². The van der Waals surface area contributed by atoms with E-state index in [-0.39, 0.29) is 0 Å². The molecule has 0 amide bonds. The first-order chi connectivity index (χ1) is 10.8. The van der Waals surface area contributed by atoms with E-state index in [1.165, 1.54) is 0 Å². The molecule has 3 heterocycles. The van der Waals surface area contributed by atoms with Gasteiger partial charge < -0.3 is 23.2 Å². The second-order valence-corrected chi connectivity index (χ2v) is 5.20. The lowest BCUT2D eigenvalue weighted by Gasteiger charge is -2.25. The van der Waals surface area contributed by atoms with Crippen LogP contribution in [0.25, 0.3) is 10.8 Å². The Hall–Kier alpha value is -2.31. The molecule has 114 valence electrons. The summed E-state index contributed by atoms with van der Waals surface area (Å²) in [4.78, 5) is 4.07. The third-order valence-electron chi connectivity index (χ3n) is 3.86. The molecule has 1 aliphatic rings. The molecule has 3 aromatic rings. The number of ether oxygens (including phenoxy) is 3. The lowest BCUT2D eigenvalue weighted by Crippen LogP contribution is -2.32. The molecule has 0 unspecified atom stereocenters. The van der Waals surface area contributed by atoms with Crippen LogP contribution in [0.4, 0.5) is 0 Å². The van der Waals surface area contributed by atoms with Crippen molar-refractivity contribution < 1.29 is 18.6 Å². The van der Waals surface area contributed by atoms with E-state index in [0.29, 0.717) is 25.5 Å². The first-order valence-electron chi connectivity index (χ1n) is 7.10. The van der Waals surface area contributed by atoms with Gasteiger partial charge in [-0.2, -0.15) is 0 Å². The number of aromatic nitrogens is 2. The Morgan fingerprint density at radius 1 is 1.32 bits per heavy atom. The molecule has 0 atom stereocenters. The summed E-state index contributed by atoms with van der Waals surface area (Å²) >= 11 is 0. The molecular weight excluding hydrogens is 284 g/mol. The van der Waals surface area contributed by atoms with Gasteiger partial charge in [-0.1, -0.05) is 0 Å². The van der Waals surface area contributed by atoms with Crippen LogP contribution < -0.4 is 4.74 Å². The number of rotatable bonds is 4. The van der Waals surface area contributed by atoms with Crippen molar-refractivity contribution in [1.29, 1.82) is 0 Å². The summed E-state index contributed by atoms with van der Waals surface area (Å²) in [6, 6.07) is 5.80. The molecule has 0 aliphatic carbocycles. The highest BCUT2D eigenvalue weighted by Crippen LogP contribution is 2.39. The van der Waals surface area contributed by atoms with Gasteiger partial charge in [0.1, 0.15) is 5.75 Å². The van der Waals surface area contributed by atoms with Gasteiger partial charge in [-0.25, -0.2) is 4.98 Å². The van der Waals surface area contributed by atoms with E-state index in [0.717, 1.165) is 16.5 Å². The van der Waals surface area contributed by atoms with E-state index in [1.54, 1.807) is 25.9 Å². The normalized spacial score (nSPS) is 17.1. The second kappa shape index (κ2) is 5.15. The molecular formula is C16H16N2O4. The molecule has 0 spiro atoms. The predicted octanol–water partition coefficient (Wildman–Crippen LogP) is 2.54. The molecule has 0 N–H and O–H groups in total.